The number of urea groups is 1. The van der Waals surface area contributed by atoms with E-state index in [9.17, 15) is 9.59 Å². The van der Waals surface area contributed by atoms with E-state index >= 15 is 0 Å². The van der Waals surface area contributed by atoms with Gasteiger partial charge in [-0.2, -0.15) is 0 Å². The van der Waals surface area contributed by atoms with Gasteiger partial charge in [0.2, 0.25) is 5.75 Å². The van der Waals surface area contributed by atoms with Crippen LogP contribution in [0.2, 0.25) is 0 Å². The topological polar surface area (TPSA) is 120 Å². The van der Waals surface area contributed by atoms with E-state index in [1.54, 1.807) is 46.5 Å². The fourth-order valence-corrected chi connectivity index (χ4v) is 5.38. The molecular formula is C30H40N4O8. The quantitative estimate of drug-likeness (QED) is 0.361. The second-order valence-corrected chi connectivity index (χ2v) is 9.81. The molecule has 2 heterocycles. The van der Waals surface area contributed by atoms with Crippen LogP contribution in [0.5, 0.6) is 28.7 Å². The van der Waals surface area contributed by atoms with Crippen LogP contribution in [0.25, 0.3) is 0 Å². The Morgan fingerprint density at radius 2 is 1.43 bits per heavy atom. The Morgan fingerprint density at radius 3 is 1.98 bits per heavy atom. The summed E-state index contributed by atoms with van der Waals surface area (Å²) in [6.45, 7) is 6.09. The number of nitrogens with one attached hydrogen (secondary N) is 2. The standard InChI is InChI=1S/C30H40N4O8/c1-7-42-29(35)25-21(31-30(36)32-26(25)20-9-8-10-22(37-2)27(20)40-5)18-34-13-11-33(12-14-34)17-19-15-23(38-3)28(41-6)24(16-19)39-4/h8-10,15-16,26H,7,11-14,17-18H2,1-6H3,(H2,31,32,36)/t26-/m0/s1. The number of carbonyl (C=O) groups is 2. The second-order valence-electron chi connectivity index (χ2n) is 9.81. The van der Waals surface area contributed by atoms with Gasteiger partial charge in [0, 0.05) is 50.5 Å². The lowest BCUT2D eigenvalue weighted by atomic mass is 9.93. The lowest BCUT2D eigenvalue weighted by Crippen LogP contribution is -2.51. The van der Waals surface area contributed by atoms with Crippen LogP contribution < -0.4 is 34.3 Å². The first kappa shape index (κ1) is 30.8. The summed E-state index contributed by atoms with van der Waals surface area (Å²) >= 11 is 0. The first-order valence-corrected chi connectivity index (χ1v) is 13.8. The van der Waals surface area contributed by atoms with Gasteiger partial charge in [0.05, 0.1) is 53.8 Å². The summed E-state index contributed by atoms with van der Waals surface area (Å²) in [5, 5.41) is 5.74. The normalized spacial score (nSPS) is 17.7. The maximum absolute atomic E-state index is 13.3. The van der Waals surface area contributed by atoms with Gasteiger partial charge >= 0.3 is 12.0 Å². The van der Waals surface area contributed by atoms with Crippen molar-refractivity contribution in [2.45, 2.75) is 19.5 Å². The van der Waals surface area contributed by atoms with Crippen LogP contribution in [0, 0.1) is 0 Å². The van der Waals surface area contributed by atoms with E-state index in [-0.39, 0.29) is 6.61 Å². The van der Waals surface area contributed by atoms with Crippen molar-refractivity contribution in [3.05, 3.63) is 52.7 Å². The molecule has 12 heteroatoms. The minimum absolute atomic E-state index is 0.200. The Hall–Kier alpha value is -4.16. The number of hydrogen-bond donors (Lipinski definition) is 2. The molecule has 1 atom stereocenters. The molecule has 0 bridgehead atoms. The molecule has 1 fully saturated rings. The minimum Gasteiger partial charge on any atom is -0.493 e. The average Bonchev–Trinajstić information content (AvgIpc) is 3.00. The Morgan fingerprint density at radius 1 is 0.833 bits per heavy atom. The van der Waals surface area contributed by atoms with Gasteiger partial charge in [-0.1, -0.05) is 12.1 Å². The van der Waals surface area contributed by atoms with Crippen molar-refractivity contribution in [3.8, 4) is 28.7 Å². The van der Waals surface area contributed by atoms with Crippen LogP contribution in [0.3, 0.4) is 0 Å². The van der Waals surface area contributed by atoms with Crippen molar-refractivity contribution in [3.63, 3.8) is 0 Å². The number of esters is 1. The summed E-state index contributed by atoms with van der Waals surface area (Å²) in [6, 6.07) is 8.09. The fourth-order valence-electron chi connectivity index (χ4n) is 5.38. The molecule has 4 rings (SSSR count). The van der Waals surface area contributed by atoms with E-state index in [0.717, 1.165) is 31.7 Å². The molecule has 1 saturated heterocycles. The summed E-state index contributed by atoms with van der Waals surface area (Å²) in [7, 11) is 7.86. The summed E-state index contributed by atoms with van der Waals surface area (Å²) in [6.07, 6.45) is 0. The molecule has 42 heavy (non-hydrogen) atoms. The minimum atomic E-state index is -0.779. The highest BCUT2D eigenvalue weighted by Crippen LogP contribution is 2.40. The number of methoxy groups -OCH3 is 5. The van der Waals surface area contributed by atoms with Gasteiger partial charge in [-0.05, 0) is 30.7 Å². The average molecular weight is 585 g/mol. The zero-order chi connectivity index (χ0) is 30.2. The van der Waals surface area contributed by atoms with Crippen LogP contribution in [0.1, 0.15) is 24.1 Å². The van der Waals surface area contributed by atoms with E-state index < -0.39 is 18.0 Å². The Balaban J connectivity index is 1.54. The van der Waals surface area contributed by atoms with Crippen LogP contribution in [-0.2, 0) is 16.1 Å². The highest BCUT2D eigenvalue weighted by molar-refractivity contribution is 5.95. The van der Waals surface area contributed by atoms with Gasteiger partial charge in [-0.3, -0.25) is 9.80 Å². The van der Waals surface area contributed by atoms with Crippen LogP contribution >= 0.6 is 0 Å². The molecule has 0 unspecified atom stereocenters. The van der Waals surface area contributed by atoms with Crippen molar-refractivity contribution in [2.75, 3.05) is 74.9 Å². The maximum Gasteiger partial charge on any atom is 0.338 e. The molecule has 2 aromatic rings. The molecule has 2 N–H and O–H groups in total. The second kappa shape index (κ2) is 14.1. The van der Waals surface area contributed by atoms with Gasteiger partial charge < -0.3 is 39.1 Å². The lowest BCUT2D eigenvalue weighted by Gasteiger charge is -2.37. The number of para-hydroxylation sites is 1. The van der Waals surface area contributed by atoms with Crippen LogP contribution in [-0.4, -0.2) is 96.7 Å². The molecule has 228 valence electrons. The molecule has 0 saturated carbocycles. The highest BCUT2D eigenvalue weighted by atomic mass is 16.5. The number of carbonyl (C=O) groups excluding carboxylic acids is 2. The highest BCUT2D eigenvalue weighted by Gasteiger charge is 2.36. The van der Waals surface area contributed by atoms with E-state index in [2.05, 4.69) is 20.4 Å². The van der Waals surface area contributed by atoms with Crippen molar-refractivity contribution in [2.24, 2.45) is 0 Å². The van der Waals surface area contributed by atoms with E-state index in [1.807, 2.05) is 12.1 Å². The van der Waals surface area contributed by atoms with Gasteiger partial charge in [0.25, 0.3) is 0 Å². The lowest BCUT2D eigenvalue weighted by molar-refractivity contribution is -0.139. The zero-order valence-corrected chi connectivity index (χ0v) is 25.1. The summed E-state index contributed by atoms with van der Waals surface area (Å²) < 4.78 is 33.0. The van der Waals surface area contributed by atoms with Crippen molar-refractivity contribution < 1.29 is 38.0 Å². The van der Waals surface area contributed by atoms with Crippen LogP contribution in [0.15, 0.2) is 41.6 Å². The Bertz CT molecular complexity index is 1280. The number of piperazine rings is 1. The summed E-state index contributed by atoms with van der Waals surface area (Å²) in [5.74, 6) is 2.23. The first-order chi connectivity index (χ1) is 20.4. The molecule has 0 spiro atoms. The Kier molecular flexibility index (Phi) is 10.4. The zero-order valence-electron chi connectivity index (χ0n) is 25.1. The third kappa shape index (κ3) is 6.66. The SMILES string of the molecule is CCOC(=O)C1=C(CN2CCN(Cc3cc(OC)c(OC)c(OC)c3)CC2)NC(=O)N[C@H]1c1cccc(OC)c1OC. The molecule has 2 aliphatic heterocycles. The molecule has 2 aliphatic rings. The van der Waals surface area contributed by atoms with Crippen molar-refractivity contribution >= 4 is 12.0 Å². The monoisotopic (exact) mass is 584 g/mol. The number of benzene rings is 2. The molecular weight excluding hydrogens is 544 g/mol. The summed E-state index contributed by atoms with van der Waals surface area (Å²) in [4.78, 5) is 30.7. The molecule has 12 nitrogen and oxygen atoms in total. The van der Waals surface area contributed by atoms with E-state index in [4.69, 9.17) is 28.4 Å². The third-order valence-corrected chi connectivity index (χ3v) is 7.37. The smallest absolute Gasteiger partial charge is 0.338 e. The number of ether oxygens (including phenoxy) is 6. The predicted molar refractivity (Wildman–Crippen MR) is 155 cm³/mol. The van der Waals surface area contributed by atoms with Gasteiger partial charge in [0.1, 0.15) is 0 Å². The van der Waals surface area contributed by atoms with Gasteiger partial charge in [-0.25, -0.2) is 9.59 Å². The number of amides is 2. The van der Waals surface area contributed by atoms with Gasteiger partial charge in [0.15, 0.2) is 23.0 Å². The van der Waals surface area contributed by atoms with Crippen LogP contribution in [0.4, 0.5) is 4.79 Å². The number of rotatable bonds is 12. The molecule has 2 amide bonds. The molecule has 0 radical (unpaired) electrons. The summed E-state index contributed by atoms with van der Waals surface area (Å²) in [5.41, 5.74) is 2.49. The van der Waals surface area contributed by atoms with E-state index in [0.29, 0.717) is 58.7 Å². The van der Waals surface area contributed by atoms with Crippen molar-refractivity contribution in [1.82, 2.24) is 20.4 Å². The largest absolute Gasteiger partial charge is 0.493 e. The number of nitrogens with zero attached hydrogens (tertiary/aromatic N) is 2. The molecule has 2 aromatic carbocycles. The third-order valence-electron chi connectivity index (χ3n) is 7.37. The predicted octanol–water partition coefficient (Wildman–Crippen LogP) is 2.72. The van der Waals surface area contributed by atoms with E-state index in [1.165, 1.54) is 14.2 Å². The maximum atomic E-state index is 13.3. The van der Waals surface area contributed by atoms with Gasteiger partial charge in [-0.15, -0.1) is 0 Å². The number of hydrogen-bond acceptors (Lipinski definition) is 10. The first-order valence-electron chi connectivity index (χ1n) is 13.8. The Labute approximate surface area is 246 Å². The van der Waals surface area contributed by atoms with Crippen molar-refractivity contribution in [1.29, 1.82) is 0 Å². The molecule has 0 aromatic heterocycles. The fraction of sp³-hybridized carbons (Fsp3) is 0.467. The molecule has 0 aliphatic carbocycles.